The topological polar surface area (TPSA) is 103 Å². The van der Waals surface area contributed by atoms with Crippen molar-refractivity contribution < 1.29 is 19.1 Å². The maximum absolute atomic E-state index is 12.7. The highest BCUT2D eigenvalue weighted by atomic mass is 35.5. The zero-order chi connectivity index (χ0) is 23.6. The molecular weight excluding hydrogens is 454 g/mol. The van der Waals surface area contributed by atoms with Crippen LogP contribution in [0.4, 0.5) is 5.69 Å². The van der Waals surface area contributed by atoms with Crippen LogP contribution in [-0.4, -0.2) is 30.5 Å². The number of anilines is 1. The van der Waals surface area contributed by atoms with Gasteiger partial charge in [-0.25, -0.2) is 0 Å². The molecule has 184 valence electrons. The van der Waals surface area contributed by atoms with Crippen LogP contribution in [0.5, 0.6) is 5.75 Å². The minimum Gasteiger partial charge on any atom is -0.454 e. The summed E-state index contributed by atoms with van der Waals surface area (Å²) in [7, 11) is 0. The summed E-state index contributed by atoms with van der Waals surface area (Å²) in [6.45, 7) is 4.80. The number of carbonyl (C=O) groups excluding carboxylic acids is 2. The van der Waals surface area contributed by atoms with Crippen molar-refractivity contribution in [1.29, 1.82) is 0 Å². The minimum atomic E-state index is -0.557. The van der Waals surface area contributed by atoms with E-state index < -0.39 is 6.29 Å². The van der Waals surface area contributed by atoms with Crippen LogP contribution < -0.4 is 15.8 Å². The molecule has 2 aromatic carbocycles. The number of hydrogen-bond donors (Lipinski definition) is 2. The number of carbonyl (C=O) groups is 2. The predicted octanol–water partition coefficient (Wildman–Crippen LogP) is 5.25. The Bertz CT molecular complexity index is 992. The fourth-order valence-electron chi connectivity index (χ4n) is 3.58. The number of aryl methyl sites for hydroxylation is 1. The quantitative estimate of drug-likeness (QED) is 0.206. The average Bonchev–Trinajstić information content (AvgIpc) is 2.82. The van der Waals surface area contributed by atoms with Gasteiger partial charge >= 0.3 is 5.97 Å². The van der Waals surface area contributed by atoms with E-state index in [2.05, 4.69) is 17.2 Å². The van der Waals surface area contributed by atoms with E-state index in [9.17, 15) is 9.59 Å². The van der Waals surface area contributed by atoms with Crippen LogP contribution in [0, 0.1) is 0 Å². The number of halogens is 1. The highest BCUT2D eigenvalue weighted by Crippen LogP contribution is 2.30. The molecule has 0 aromatic heterocycles. The number of hydrogen-bond acceptors (Lipinski definition) is 5. The third-order valence-corrected chi connectivity index (χ3v) is 5.43. The van der Waals surface area contributed by atoms with Crippen LogP contribution in [0.15, 0.2) is 47.5 Å². The number of rotatable bonds is 10. The van der Waals surface area contributed by atoms with E-state index >= 15 is 0 Å². The average molecular weight is 488 g/mol. The Morgan fingerprint density at radius 1 is 1.09 bits per heavy atom. The lowest BCUT2D eigenvalue weighted by atomic mass is 10.0. The van der Waals surface area contributed by atoms with Gasteiger partial charge in [0.25, 0.3) is 5.91 Å². The number of amides is 1. The van der Waals surface area contributed by atoms with Crippen molar-refractivity contribution in [3.8, 4) is 5.75 Å². The summed E-state index contributed by atoms with van der Waals surface area (Å²) < 4.78 is 11.1. The van der Waals surface area contributed by atoms with Crippen LogP contribution >= 0.6 is 12.4 Å². The number of nitrogens with zero attached hydrogens (tertiary/aromatic N) is 1. The van der Waals surface area contributed by atoms with Gasteiger partial charge in [0.1, 0.15) is 11.6 Å². The number of aliphatic imine (C=N–C) groups is 1. The molecule has 0 spiro atoms. The maximum atomic E-state index is 12.7. The number of unbranched alkanes of at least 4 members (excludes halogenated alkanes) is 2. The van der Waals surface area contributed by atoms with E-state index in [0.717, 1.165) is 36.8 Å². The molecule has 0 saturated carbocycles. The van der Waals surface area contributed by atoms with E-state index in [1.54, 1.807) is 24.3 Å². The van der Waals surface area contributed by atoms with E-state index in [0.29, 0.717) is 48.6 Å². The first-order valence-corrected chi connectivity index (χ1v) is 11.7. The standard InChI is InChI=1S/C26H33N3O4.ClH/c1-3-5-6-16-28-25(27)18-8-10-19(11-9-18)26(31)29-21-13-14-22-20(17-21)12-15-24(32-22)33-23(30)7-4-2;/h8-11,13-14,17,24H,3-7,12,15-16H2,1-2H3,(H2,27,28)(H,29,31);1H. The lowest BCUT2D eigenvalue weighted by Gasteiger charge is -2.26. The zero-order valence-corrected chi connectivity index (χ0v) is 20.7. The molecule has 1 amide bonds. The van der Waals surface area contributed by atoms with Crippen molar-refractivity contribution in [1.82, 2.24) is 0 Å². The zero-order valence-electron chi connectivity index (χ0n) is 19.8. The Labute approximate surface area is 207 Å². The molecule has 1 aliphatic rings. The third kappa shape index (κ3) is 7.76. The fraction of sp³-hybridized carbons (Fsp3) is 0.423. The molecule has 8 heteroatoms. The number of fused-ring (bicyclic) bond motifs is 1. The van der Waals surface area contributed by atoms with Gasteiger partial charge in [0, 0.05) is 36.2 Å². The van der Waals surface area contributed by atoms with Gasteiger partial charge in [-0.3, -0.25) is 14.6 Å². The lowest BCUT2D eigenvalue weighted by molar-refractivity contribution is -0.165. The number of ether oxygens (including phenoxy) is 2. The van der Waals surface area contributed by atoms with E-state index in [1.165, 1.54) is 0 Å². The third-order valence-electron chi connectivity index (χ3n) is 5.43. The molecule has 1 aliphatic heterocycles. The van der Waals surface area contributed by atoms with Gasteiger partial charge in [0.15, 0.2) is 0 Å². The second-order valence-electron chi connectivity index (χ2n) is 8.15. The van der Waals surface area contributed by atoms with E-state index in [-0.39, 0.29) is 24.3 Å². The molecule has 0 radical (unpaired) electrons. The van der Waals surface area contributed by atoms with Gasteiger partial charge in [0.2, 0.25) is 6.29 Å². The lowest BCUT2D eigenvalue weighted by Crippen LogP contribution is -2.28. The SMILES string of the molecule is CCCCCN=C(N)c1ccc(C(=O)Nc2ccc3c(c2)CCC(OC(=O)CCC)O3)cc1.Cl. The van der Waals surface area contributed by atoms with Gasteiger partial charge in [0.05, 0.1) is 0 Å². The van der Waals surface area contributed by atoms with Crippen LogP contribution in [0.25, 0.3) is 0 Å². The smallest absolute Gasteiger partial charge is 0.308 e. The summed E-state index contributed by atoms with van der Waals surface area (Å²) in [5, 5.41) is 2.92. The number of benzene rings is 2. The first kappa shape index (κ1) is 27.2. The molecule has 0 saturated heterocycles. The predicted molar refractivity (Wildman–Crippen MR) is 137 cm³/mol. The highest BCUT2D eigenvalue weighted by Gasteiger charge is 2.23. The molecular formula is C26H34ClN3O4. The first-order chi connectivity index (χ1) is 16.0. The Hall–Kier alpha value is -3.06. The van der Waals surface area contributed by atoms with Gasteiger partial charge in [-0.2, -0.15) is 0 Å². The summed E-state index contributed by atoms with van der Waals surface area (Å²) in [4.78, 5) is 28.8. The Morgan fingerprint density at radius 3 is 2.53 bits per heavy atom. The summed E-state index contributed by atoms with van der Waals surface area (Å²) >= 11 is 0. The number of amidine groups is 1. The molecule has 1 heterocycles. The summed E-state index contributed by atoms with van der Waals surface area (Å²) in [5.41, 5.74) is 9.05. The van der Waals surface area contributed by atoms with E-state index in [1.807, 2.05) is 25.1 Å². The van der Waals surface area contributed by atoms with Gasteiger partial charge in [-0.15, -0.1) is 12.4 Å². The number of nitrogens with one attached hydrogen (secondary N) is 1. The summed E-state index contributed by atoms with van der Waals surface area (Å²) in [6, 6.07) is 12.6. The Morgan fingerprint density at radius 2 is 1.82 bits per heavy atom. The molecule has 3 N–H and O–H groups in total. The molecule has 1 unspecified atom stereocenters. The Balaban J connectivity index is 0.00000408. The van der Waals surface area contributed by atoms with Crippen molar-refractivity contribution in [3.63, 3.8) is 0 Å². The number of esters is 1. The number of nitrogens with two attached hydrogens (primary N) is 1. The molecule has 1 atom stereocenters. The van der Waals surface area contributed by atoms with Gasteiger partial charge in [-0.05, 0) is 55.2 Å². The molecule has 34 heavy (non-hydrogen) atoms. The van der Waals surface area contributed by atoms with Crippen LogP contribution in [0.1, 0.15) is 73.9 Å². The first-order valence-electron chi connectivity index (χ1n) is 11.7. The second-order valence-corrected chi connectivity index (χ2v) is 8.15. The molecule has 0 bridgehead atoms. The van der Waals surface area contributed by atoms with Crippen molar-refractivity contribution in [3.05, 3.63) is 59.2 Å². The fourth-order valence-corrected chi connectivity index (χ4v) is 3.58. The van der Waals surface area contributed by atoms with Gasteiger partial charge < -0.3 is 20.5 Å². The minimum absolute atomic E-state index is 0. The van der Waals surface area contributed by atoms with Crippen molar-refractivity contribution >= 4 is 35.8 Å². The molecule has 0 fully saturated rings. The van der Waals surface area contributed by atoms with Crippen LogP contribution in [0.3, 0.4) is 0 Å². The van der Waals surface area contributed by atoms with E-state index in [4.69, 9.17) is 15.2 Å². The van der Waals surface area contributed by atoms with Crippen LogP contribution in [-0.2, 0) is 16.0 Å². The van der Waals surface area contributed by atoms with Crippen molar-refractivity contribution in [2.75, 3.05) is 11.9 Å². The second kappa shape index (κ2) is 13.6. The van der Waals surface area contributed by atoms with Crippen molar-refractivity contribution in [2.24, 2.45) is 10.7 Å². The summed E-state index contributed by atoms with van der Waals surface area (Å²) in [6.07, 6.45) is 5.16. The molecule has 0 aliphatic carbocycles. The normalized spacial score (nSPS) is 14.9. The van der Waals surface area contributed by atoms with Crippen LogP contribution in [0.2, 0.25) is 0 Å². The van der Waals surface area contributed by atoms with Gasteiger partial charge in [-0.1, -0.05) is 38.8 Å². The molecule has 2 aromatic rings. The maximum Gasteiger partial charge on any atom is 0.308 e. The highest BCUT2D eigenvalue weighted by molar-refractivity contribution is 6.05. The van der Waals surface area contributed by atoms with Crippen molar-refractivity contribution in [2.45, 2.75) is 65.1 Å². The molecule has 7 nitrogen and oxygen atoms in total. The monoisotopic (exact) mass is 487 g/mol. The summed E-state index contributed by atoms with van der Waals surface area (Å²) in [5.74, 6) is 0.714. The Kier molecular flexibility index (Phi) is 10.9. The molecule has 3 rings (SSSR count). The largest absolute Gasteiger partial charge is 0.454 e.